The summed E-state index contributed by atoms with van der Waals surface area (Å²) in [4.78, 5) is 0. The zero-order valence-corrected chi connectivity index (χ0v) is 31.3. The van der Waals surface area contributed by atoms with Gasteiger partial charge >= 0.3 is 0 Å². The fourth-order valence-electron chi connectivity index (χ4n) is 8.12. The van der Waals surface area contributed by atoms with Crippen LogP contribution in [0.25, 0.3) is 35.7 Å². The number of allylic oxidation sites excluding steroid dienone is 7. The SMILES string of the molecule is C/C=C\c1c(CC)c2c(n1C1=CCC(C)(Cc3ccc(Cc4ccc(-n5c(/C=C\C)c(CC)c(CC)c5/C=C\C)cc4)cc3)C=C1)C=CNC2. The topological polar surface area (TPSA) is 21.9 Å². The quantitative estimate of drug-likeness (QED) is 0.160. The van der Waals surface area contributed by atoms with E-state index in [1.54, 1.807) is 0 Å². The molecule has 0 spiro atoms. The van der Waals surface area contributed by atoms with Gasteiger partial charge in [-0.25, -0.2) is 0 Å². The number of aromatic nitrogens is 2. The number of rotatable bonds is 12. The van der Waals surface area contributed by atoms with Crippen LogP contribution in [-0.4, -0.2) is 9.13 Å². The molecule has 1 unspecified atom stereocenters. The minimum atomic E-state index is 0.0885. The maximum atomic E-state index is 3.42. The van der Waals surface area contributed by atoms with Gasteiger partial charge in [-0.2, -0.15) is 0 Å². The molecule has 3 nitrogen and oxygen atoms in total. The van der Waals surface area contributed by atoms with E-state index in [-0.39, 0.29) is 5.41 Å². The average Bonchev–Trinajstić information content (AvgIpc) is 3.61. The van der Waals surface area contributed by atoms with Crippen LogP contribution in [0.3, 0.4) is 0 Å². The first kappa shape index (κ1) is 35.1. The highest BCUT2D eigenvalue weighted by Gasteiger charge is 2.27. The Morgan fingerprint density at radius 2 is 1.22 bits per heavy atom. The normalized spacial score (nSPS) is 17.3. The fraction of sp³-hybridized carbons (Fsp3) is 0.319. The van der Waals surface area contributed by atoms with Gasteiger partial charge in [0.2, 0.25) is 0 Å². The predicted octanol–water partition coefficient (Wildman–Crippen LogP) is 11.8. The van der Waals surface area contributed by atoms with Crippen LogP contribution in [0.4, 0.5) is 0 Å². The molecule has 0 bridgehead atoms. The van der Waals surface area contributed by atoms with E-state index in [2.05, 4.69) is 178 Å². The molecule has 0 saturated carbocycles. The molecule has 2 aromatic carbocycles. The zero-order valence-electron chi connectivity index (χ0n) is 31.3. The van der Waals surface area contributed by atoms with Crippen LogP contribution in [0, 0.1) is 5.41 Å². The molecule has 1 N–H and O–H groups in total. The van der Waals surface area contributed by atoms with Crippen molar-refractivity contribution in [2.45, 2.75) is 93.5 Å². The van der Waals surface area contributed by atoms with Crippen LogP contribution in [0.5, 0.6) is 0 Å². The molecule has 3 heteroatoms. The van der Waals surface area contributed by atoms with Crippen LogP contribution in [0.1, 0.15) is 117 Å². The van der Waals surface area contributed by atoms with Crippen LogP contribution >= 0.6 is 0 Å². The Bertz CT molecular complexity index is 1960. The van der Waals surface area contributed by atoms with Crippen LogP contribution in [-0.2, 0) is 38.6 Å². The van der Waals surface area contributed by atoms with Gasteiger partial charge in [-0.1, -0.05) is 94.5 Å². The summed E-state index contributed by atoms with van der Waals surface area (Å²) < 4.78 is 4.91. The molecule has 0 saturated heterocycles. The lowest BCUT2D eigenvalue weighted by Gasteiger charge is -2.29. The maximum Gasteiger partial charge on any atom is 0.0529 e. The van der Waals surface area contributed by atoms with Crippen LogP contribution in [0.2, 0.25) is 0 Å². The van der Waals surface area contributed by atoms with E-state index in [1.807, 2.05) is 0 Å². The molecule has 0 amide bonds. The molecule has 50 heavy (non-hydrogen) atoms. The summed E-state index contributed by atoms with van der Waals surface area (Å²) in [6.07, 6.45) is 30.9. The minimum absolute atomic E-state index is 0.0885. The van der Waals surface area contributed by atoms with Gasteiger partial charge in [0.15, 0.2) is 0 Å². The van der Waals surface area contributed by atoms with E-state index in [0.717, 1.165) is 45.1 Å². The first-order valence-corrected chi connectivity index (χ1v) is 18.8. The number of fused-ring (bicyclic) bond motifs is 1. The molecule has 258 valence electrons. The Morgan fingerprint density at radius 1 is 0.680 bits per heavy atom. The molecule has 2 aromatic heterocycles. The van der Waals surface area contributed by atoms with Crippen LogP contribution in [0.15, 0.2) is 91.2 Å². The molecule has 1 atom stereocenters. The van der Waals surface area contributed by atoms with Crippen molar-refractivity contribution in [1.29, 1.82) is 0 Å². The van der Waals surface area contributed by atoms with Crippen molar-refractivity contribution in [3.63, 3.8) is 0 Å². The summed E-state index contributed by atoms with van der Waals surface area (Å²) in [5.74, 6) is 0. The van der Waals surface area contributed by atoms with Crippen molar-refractivity contribution in [1.82, 2.24) is 14.5 Å². The number of nitrogens with zero attached hydrogens (tertiary/aromatic N) is 2. The van der Waals surface area contributed by atoms with Gasteiger partial charge < -0.3 is 14.5 Å². The highest BCUT2D eigenvalue weighted by molar-refractivity contribution is 5.74. The van der Waals surface area contributed by atoms with Gasteiger partial charge in [-0.15, -0.1) is 0 Å². The van der Waals surface area contributed by atoms with Gasteiger partial charge in [-0.3, -0.25) is 0 Å². The van der Waals surface area contributed by atoms with Crippen LogP contribution < -0.4 is 5.32 Å². The highest BCUT2D eigenvalue weighted by Crippen LogP contribution is 2.38. The largest absolute Gasteiger partial charge is 0.387 e. The Balaban J connectivity index is 1.16. The lowest BCUT2D eigenvalue weighted by atomic mass is 9.77. The van der Waals surface area contributed by atoms with Gasteiger partial charge in [0.1, 0.15) is 0 Å². The molecular formula is C47H55N3. The van der Waals surface area contributed by atoms with Crippen molar-refractivity contribution < 1.29 is 0 Å². The average molecular weight is 662 g/mol. The second-order valence-corrected chi connectivity index (χ2v) is 14.1. The molecule has 1 aliphatic carbocycles. The number of nitrogens with one attached hydrogen (secondary N) is 1. The molecule has 0 fully saturated rings. The maximum absolute atomic E-state index is 3.42. The van der Waals surface area contributed by atoms with E-state index in [0.29, 0.717) is 0 Å². The number of hydrogen-bond donors (Lipinski definition) is 1. The highest BCUT2D eigenvalue weighted by atomic mass is 15.0. The van der Waals surface area contributed by atoms with Gasteiger partial charge in [0.05, 0.1) is 5.69 Å². The third kappa shape index (κ3) is 6.84. The molecule has 0 radical (unpaired) electrons. The lowest BCUT2D eigenvalue weighted by Crippen LogP contribution is -2.19. The first-order valence-electron chi connectivity index (χ1n) is 18.8. The van der Waals surface area contributed by atoms with Crippen molar-refractivity contribution >= 4 is 30.0 Å². The summed E-state index contributed by atoms with van der Waals surface area (Å²) in [5, 5.41) is 3.42. The lowest BCUT2D eigenvalue weighted by molar-refractivity contribution is 0.427. The van der Waals surface area contributed by atoms with E-state index in [1.165, 1.54) is 73.1 Å². The second kappa shape index (κ2) is 15.4. The third-order valence-corrected chi connectivity index (χ3v) is 10.5. The van der Waals surface area contributed by atoms with E-state index >= 15 is 0 Å². The van der Waals surface area contributed by atoms with Gasteiger partial charge in [0, 0.05) is 40.6 Å². The molecule has 3 heterocycles. The molecule has 4 aromatic rings. The van der Waals surface area contributed by atoms with Crippen molar-refractivity contribution in [3.8, 4) is 5.69 Å². The summed E-state index contributed by atoms with van der Waals surface area (Å²) in [7, 11) is 0. The predicted molar refractivity (Wildman–Crippen MR) is 217 cm³/mol. The summed E-state index contributed by atoms with van der Waals surface area (Å²) >= 11 is 0. The standard InChI is InChI=1S/C47H55N3/c1-8-14-43-39(11-4)40(12-5)44(15-9-2)49(43)37-23-21-35(22-24-37)31-34-17-19-36(20-18-34)32-47(7)28-25-38(26-29-47)50-45(16-10-3)41(13-6)42-33-48-30-27-46(42)50/h8-10,14-28,30,48H,11-13,29,31-33H2,1-7H3/b14-8-,15-9-,16-10-. The van der Waals surface area contributed by atoms with Crippen molar-refractivity contribution in [2.24, 2.45) is 5.41 Å². The summed E-state index contributed by atoms with van der Waals surface area (Å²) in [6.45, 7) is 16.4. The van der Waals surface area contributed by atoms with Crippen molar-refractivity contribution in [2.75, 3.05) is 0 Å². The molecule has 1 aliphatic heterocycles. The van der Waals surface area contributed by atoms with Gasteiger partial charge in [-0.05, 0) is 147 Å². The summed E-state index contributed by atoms with van der Waals surface area (Å²) in [6, 6.07) is 18.5. The molecular weight excluding hydrogens is 607 g/mol. The Labute approximate surface area is 301 Å². The Kier molecular flexibility index (Phi) is 10.8. The number of hydrogen-bond acceptors (Lipinski definition) is 1. The third-order valence-electron chi connectivity index (χ3n) is 10.5. The molecule has 2 aliphatic rings. The van der Waals surface area contributed by atoms with E-state index in [9.17, 15) is 0 Å². The zero-order chi connectivity index (χ0) is 35.3. The van der Waals surface area contributed by atoms with Gasteiger partial charge in [0.25, 0.3) is 0 Å². The molecule has 6 rings (SSSR count). The Hall–Kier alpha value is -4.76. The minimum Gasteiger partial charge on any atom is -0.387 e. The first-order chi connectivity index (χ1) is 24.4. The monoisotopic (exact) mass is 661 g/mol. The number of benzene rings is 2. The second-order valence-electron chi connectivity index (χ2n) is 14.1. The van der Waals surface area contributed by atoms with E-state index in [4.69, 9.17) is 0 Å². The van der Waals surface area contributed by atoms with Crippen molar-refractivity contribution in [3.05, 3.63) is 153 Å². The van der Waals surface area contributed by atoms with E-state index < -0.39 is 0 Å². The smallest absolute Gasteiger partial charge is 0.0529 e. The fourth-order valence-corrected chi connectivity index (χ4v) is 8.12. The Morgan fingerprint density at radius 3 is 1.74 bits per heavy atom. The summed E-state index contributed by atoms with van der Waals surface area (Å²) in [5.41, 5.74) is 17.7.